The molecule has 4 aliphatic rings. The van der Waals surface area contributed by atoms with Gasteiger partial charge in [-0.05, 0) is 63.6 Å². The summed E-state index contributed by atoms with van der Waals surface area (Å²) in [6, 6.07) is 7.88. The number of hydrogen-bond acceptors (Lipinski definition) is 10. The molecule has 0 unspecified atom stereocenters. The zero-order valence-electron chi connectivity index (χ0n) is 27.0. The van der Waals surface area contributed by atoms with Crippen LogP contribution in [0.3, 0.4) is 0 Å². The Morgan fingerprint density at radius 3 is 2.42 bits per heavy atom. The predicted molar refractivity (Wildman–Crippen MR) is 181 cm³/mol. The van der Waals surface area contributed by atoms with Crippen molar-refractivity contribution in [2.24, 2.45) is 5.92 Å². The van der Waals surface area contributed by atoms with E-state index in [9.17, 15) is 23.7 Å². The van der Waals surface area contributed by atoms with Gasteiger partial charge >= 0.3 is 0 Å². The number of piperidine rings is 2. The largest absolute Gasteiger partial charge is 0.493 e. The molecular formula is C34H42F2N6O5S. The summed E-state index contributed by atoms with van der Waals surface area (Å²) in [5.74, 6) is 0.729. The van der Waals surface area contributed by atoms with Gasteiger partial charge in [0, 0.05) is 74.9 Å². The van der Waals surface area contributed by atoms with Gasteiger partial charge in [0.15, 0.2) is 5.82 Å². The molecule has 1 aromatic heterocycles. The number of anilines is 1. The van der Waals surface area contributed by atoms with E-state index in [4.69, 9.17) is 9.47 Å². The van der Waals surface area contributed by atoms with Crippen LogP contribution in [0.5, 0.6) is 5.75 Å². The lowest BCUT2D eigenvalue weighted by Gasteiger charge is -2.52. The summed E-state index contributed by atoms with van der Waals surface area (Å²) in [5, 5.41) is 11.4. The third kappa shape index (κ3) is 7.46. The smallest absolute Gasteiger partial charge is 0.272 e. The number of aromatic amines is 1. The highest BCUT2D eigenvalue weighted by molar-refractivity contribution is 7.99. The number of nitrogens with zero attached hydrogens (tertiary/aromatic N) is 5. The molecule has 0 saturated carbocycles. The molecule has 0 spiro atoms. The van der Waals surface area contributed by atoms with Crippen molar-refractivity contribution < 1.29 is 23.2 Å². The van der Waals surface area contributed by atoms with E-state index in [0.29, 0.717) is 58.4 Å². The molecule has 0 amide bonds. The highest BCUT2D eigenvalue weighted by Crippen LogP contribution is 2.32. The first kappa shape index (κ1) is 33.2. The van der Waals surface area contributed by atoms with Gasteiger partial charge in [-0.2, -0.15) is 11.8 Å². The van der Waals surface area contributed by atoms with Gasteiger partial charge in [-0.3, -0.25) is 24.7 Å². The molecule has 7 rings (SSSR count). The van der Waals surface area contributed by atoms with E-state index in [2.05, 4.69) is 19.8 Å². The molecule has 2 aromatic carbocycles. The first-order chi connectivity index (χ1) is 23.3. The van der Waals surface area contributed by atoms with Crippen LogP contribution in [0.15, 0.2) is 35.1 Å². The molecule has 3 aromatic rings. The van der Waals surface area contributed by atoms with Crippen molar-refractivity contribution in [1.82, 2.24) is 19.8 Å². The number of H-pyrrole nitrogens is 1. The van der Waals surface area contributed by atoms with Gasteiger partial charge in [0.05, 0.1) is 34.6 Å². The maximum atomic E-state index is 15.0. The molecule has 0 bridgehead atoms. The van der Waals surface area contributed by atoms with E-state index in [1.807, 2.05) is 4.90 Å². The number of nitrogens with one attached hydrogen (secondary N) is 1. The normalized spacial score (nSPS) is 21.1. The Labute approximate surface area is 282 Å². The van der Waals surface area contributed by atoms with Crippen molar-refractivity contribution in [3.05, 3.63) is 68.3 Å². The molecule has 0 atom stereocenters. The minimum Gasteiger partial charge on any atom is -0.493 e. The van der Waals surface area contributed by atoms with Crippen molar-refractivity contribution in [3.8, 4) is 5.75 Å². The number of non-ortho nitro benzene ring substituents is 1. The van der Waals surface area contributed by atoms with Crippen LogP contribution in [0.4, 0.5) is 20.2 Å². The monoisotopic (exact) mass is 684 g/mol. The fourth-order valence-corrected chi connectivity index (χ4v) is 8.55. The van der Waals surface area contributed by atoms with Gasteiger partial charge in [0.2, 0.25) is 0 Å². The second-order valence-corrected chi connectivity index (χ2v) is 14.7. The number of fused-ring (bicyclic) bond motifs is 1. The Hall–Kier alpha value is -3.33. The van der Waals surface area contributed by atoms with Crippen molar-refractivity contribution in [1.29, 1.82) is 0 Å². The number of thioether (sulfide) groups is 1. The van der Waals surface area contributed by atoms with E-state index in [-0.39, 0.29) is 11.1 Å². The highest BCUT2D eigenvalue weighted by Gasteiger charge is 2.38. The minimum absolute atomic E-state index is 0.0334. The zero-order valence-corrected chi connectivity index (χ0v) is 27.8. The topological polar surface area (TPSA) is 117 Å². The quantitative estimate of drug-likeness (QED) is 0.232. The molecule has 4 aliphatic heterocycles. The molecule has 0 radical (unpaired) electrons. The highest BCUT2D eigenvalue weighted by atomic mass is 32.2. The first-order valence-corrected chi connectivity index (χ1v) is 18.1. The Kier molecular flexibility index (Phi) is 10.1. The molecule has 14 heteroatoms. The first-order valence-electron chi connectivity index (χ1n) is 17.0. The lowest BCUT2D eigenvalue weighted by molar-refractivity contribution is -0.385. The van der Waals surface area contributed by atoms with Crippen LogP contribution >= 0.6 is 11.8 Å². The third-order valence-electron chi connectivity index (χ3n) is 10.4. The Bertz CT molecular complexity index is 1670. The van der Waals surface area contributed by atoms with E-state index in [1.165, 1.54) is 18.2 Å². The summed E-state index contributed by atoms with van der Waals surface area (Å²) in [6.07, 6.45) is 5.86. The number of aromatic nitrogens is 2. The standard InChI is InChI=1S/C34H42F2N6O5S/c35-28-15-24(42(44)45)1-2-31(28)40-11-5-23(6-12-40)41-18-25(19-41)39-9-3-22(4-10-39)20-47-26-16-29(36)33-30(17-26)37-32(38-34(33)43)21-48-27-7-13-46-14-8-27/h1-2,15-17,22-23,25,27H,3-14,18-21H2,(H,37,38,43). The molecule has 4 fully saturated rings. The van der Waals surface area contributed by atoms with Crippen molar-refractivity contribution in [3.63, 3.8) is 0 Å². The average Bonchev–Trinajstić information content (AvgIpc) is 3.07. The van der Waals surface area contributed by atoms with E-state index in [0.717, 1.165) is 97.1 Å². The van der Waals surface area contributed by atoms with Gasteiger partial charge in [-0.25, -0.2) is 13.8 Å². The van der Waals surface area contributed by atoms with E-state index < -0.39 is 22.1 Å². The Morgan fingerprint density at radius 2 is 1.71 bits per heavy atom. The van der Waals surface area contributed by atoms with Gasteiger partial charge < -0.3 is 19.4 Å². The Morgan fingerprint density at radius 1 is 0.958 bits per heavy atom. The second-order valence-electron chi connectivity index (χ2n) is 13.4. The third-order valence-corrected chi connectivity index (χ3v) is 11.8. The summed E-state index contributed by atoms with van der Waals surface area (Å²) in [4.78, 5) is 37.5. The number of ether oxygens (including phenoxy) is 2. The number of halogens is 2. The van der Waals surface area contributed by atoms with Crippen LogP contribution in [0.1, 0.15) is 44.3 Å². The van der Waals surface area contributed by atoms with Crippen molar-refractivity contribution >= 4 is 34.0 Å². The number of benzene rings is 2. The summed E-state index contributed by atoms with van der Waals surface area (Å²) < 4.78 is 41.0. The van der Waals surface area contributed by atoms with E-state index >= 15 is 0 Å². The molecular weight excluding hydrogens is 642 g/mol. The summed E-state index contributed by atoms with van der Waals surface area (Å²) >= 11 is 1.75. The molecule has 1 N–H and O–H groups in total. The fraction of sp³-hybridized carbons (Fsp3) is 0.588. The van der Waals surface area contributed by atoms with Gasteiger partial charge in [0.1, 0.15) is 22.8 Å². The molecule has 11 nitrogen and oxygen atoms in total. The molecule has 4 saturated heterocycles. The minimum atomic E-state index is -0.617. The van der Waals surface area contributed by atoms with Crippen LogP contribution in [0.2, 0.25) is 0 Å². The number of nitro groups is 1. The van der Waals surface area contributed by atoms with Crippen molar-refractivity contribution in [2.45, 2.75) is 61.6 Å². The molecule has 5 heterocycles. The maximum absolute atomic E-state index is 15.0. The van der Waals surface area contributed by atoms with Crippen LogP contribution < -0.4 is 15.2 Å². The van der Waals surface area contributed by atoms with Crippen LogP contribution in [0.25, 0.3) is 10.9 Å². The number of rotatable bonds is 10. The summed E-state index contributed by atoms with van der Waals surface area (Å²) in [5.41, 5.74) is 0.0763. The fourth-order valence-electron chi connectivity index (χ4n) is 7.49. The second kappa shape index (κ2) is 14.7. The van der Waals surface area contributed by atoms with Gasteiger partial charge in [-0.15, -0.1) is 0 Å². The lowest BCUT2D eigenvalue weighted by Crippen LogP contribution is -2.64. The summed E-state index contributed by atoms with van der Waals surface area (Å²) in [7, 11) is 0. The maximum Gasteiger partial charge on any atom is 0.272 e. The van der Waals surface area contributed by atoms with Crippen LogP contribution in [-0.4, -0.2) is 101 Å². The van der Waals surface area contributed by atoms with Crippen LogP contribution in [0, 0.1) is 27.7 Å². The number of nitro benzene ring substituents is 1. The van der Waals surface area contributed by atoms with Crippen molar-refractivity contribution in [2.75, 3.05) is 64.0 Å². The molecule has 0 aliphatic carbocycles. The number of hydrogen-bond donors (Lipinski definition) is 1. The number of likely N-dealkylation sites (tertiary alicyclic amines) is 2. The van der Waals surface area contributed by atoms with Crippen LogP contribution in [-0.2, 0) is 10.5 Å². The van der Waals surface area contributed by atoms with E-state index in [1.54, 1.807) is 17.8 Å². The zero-order chi connectivity index (χ0) is 33.2. The van der Waals surface area contributed by atoms with Gasteiger partial charge in [-0.1, -0.05) is 0 Å². The average molecular weight is 685 g/mol. The predicted octanol–water partition coefficient (Wildman–Crippen LogP) is 4.97. The summed E-state index contributed by atoms with van der Waals surface area (Å²) in [6.45, 7) is 7.55. The SMILES string of the molecule is O=c1[nH]c(CSC2CCOCC2)nc2cc(OCC3CCN(C4CN(C5CCN(c6ccc([N+](=O)[O-])cc6F)CC5)C4)CC3)cc(F)c12. The lowest BCUT2D eigenvalue weighted by atomic mass is 9.92. The Balaban J connectivity index is 0.847. The molecule has 48 heavy (non-hydrogen) atoms. The molecule has 258 valence electrons. The van der Waals surface area contributed by atoms with Gasteiger partial charge in [0.25, 0.3) is 11.2 Å².